The molecule has 3 rings (SSSR count). The first-order valence-electron chi connectivity index (χ1n) is 7.12. The molecule has 0 bridgehead atoms. The molecule has 0 aromatic heterocycles. The highest BCUT2D eigenvalue weighted by Gasteiger charge is 2.26. The molecule has 1 heterocycles. The van der Waals surface area contributed by atoms with E-state index >= 15 is 0 Å². The van der Waals surface area contributed by atoms with Crippen LogP contribution in [-0.4, -0.2) is 18.7 Å². The molecule has 0 aliphatic carbocycles. The molecule has 0 spiro atoms. The van der Waals surface area contributed by atoms with Crippen molar-refractivity contribution in [2.24, 2.45) is 0 Å². The Morgan fingerprint density at radius 3 is 2.81 bits per heavy atom. The maximum absolute atomic E-state index is 11.9. The molecule has 0 saturated carbocycles. The summed E-state index contributed by atoms with van der Waals surface area (Å²) in [7, 11) is 0. The second-order valence-electron chi connectivity index (χ2n) is 5.47. The Morgan fingerprint density at radius 1 is 1.19 bits per heavy atom. The van der Waals surface area contributed by atoms with E-state index in [4.69, 9.17) is 9.47 Å². The molecule has 1 atom stereocenters. The van der Waals surface area contributed by atoms with Crippen LogP contribution in [0.5, 0.6) is 5.75 Å². The molecular weight excluding hydrogens is 264 g/mol. The largest absolute Gasteiger partial charge is 0.489 e. The van der Waals surface area contributed by atoms with Gasteiger partial charge in [0.05, 0.1) is 5.56 Å². The average molecular weight is 282 g/mol. The lowest BCUT2D eigenvalue weighted by molar-refractivity contribution is 0.0129. The molecule has 108 valence electrons. The first-order valence-corrected chi connectivity index (χ1v) is 7.12. The van der Waals surface area contributed by atoms with Crippen molar-refractivity contribution in [2.45, 2.75) is 26.4 Å². The van der Waals surface area contributed by atoms with Gasteiger partial charge in [0, 0.05) is 6.42 Å². The van der Waals surface area contributed by atoms with Crippen LogP contribution in [0.4, 0.5) is 0 Å². The second kappa shape index (κ2) is 5.60. The van der Waals surface area contributed by atoms with Gasteiger partial charge in [-0.15, -0.1) is 0 Å². The first kappa shape index (κ1) is 13.7. The van der Waals surface area contributed by atoms with Crippen molar-refractivity contribution in [3.05, 3.63) is 64.7 Å². The standard InChI is InChI=1S/C18H18O3/c1-12-7-8-17(13(2)9-12)20-11-15-10-14-5-3-4-6-16(14)18(19)21-15/h3-9,15H,10-11H2,1-2H3. The van der Waals surface area contributed by atoms with E-state index in [0.29, 0.717) is 18.6 Å². The normalized spacial score (nSPS) is 17.0. The van der Waals surface area contributed by atoms with Crippen molar-refractivity contribution in [3.8, 4) is 5.75 Å². The second-order valence-corrected chi connectivity index (χ2v) is 5.47. The molecule has 1 aliphatic heterocycles. The minimum absolute atomic E-state index is 0.229. The van der Waals surface area contributed by atoms with Gasteiger partial charge in [-0.25, -0.2) is 4.79 Å². The van der Waals surface area contributed by atoms with Crippen molar-refractivity contribution in [3.63, 3.8) is 0 Å². The van der Waals surface area contributed by atoms with Crippen LogP contribution in [0.2, 0.25) is 0 Å². The smallest absolute Gasteiger partial charge is 0.338 e. The molecule has 0 amide bonds. The molecule has 1 aliphatic rings. The predicted molar refractivity (Wildman–Crippen MR) is 80.8 cm³/mol. The number of aryl methyl sites for hydroxylation is 2. The zero-order valence-electron chi connectivity index (χ0n) is 12.3. The number of carbonyl (C=O) groups excluding carboxylic acids is 1. The van der Waals surface area contributed by atoms with E-state index in [0.717, 1.165) is 16.9 Å². The fourth-order valence-corrected chi connectivity index (χ4v) is 2.64. The molecule has 0 radical (unpaired) electrons. The monoisotopic (exact) mass is 282 g/mol. The van der Waals surface area contributed by atoms with E-state index < -0.39 is 0 Å². The number of carbonyl (C=O) groups is 1. The number of esters is 1. The van der Waals surface area contributed by atoms with Crippen LogP contribution in [0.3, 0.4) is 0 Å². The van der Waals surface area contributed by atoms with Crippen LogP contribution in [0.25, 0.3) is 0 Å². The molecule has 1 unspecified atom stereocenters. The lowest BCUT2D eigenvalue weighted by Crippen LogP contribution is -2.32. The maximum atomic E-state index is 11.9. The number of ether oxygens (including phenoxy) is 2. The highest BCUT2D eigenvalue weighted by molar-refractivity contribution is 5.92. The van der Waals surface area contributed by atoms with Gasteiger partial charge < -0.3 is 9.47 Å². The number of fused-ring (bicyclic) bond motifs is 1. The summed E-state index contributed by atoms with van der Waals surface area (Å²) < 4.78 is 11.3. The van der Waals surface area contributed by atoms with Crippen molar-refractivity contribution in [1.82, 2.24) is 0 Å². The number of benzene rings is 2. The van der Waals surface area contributed by atoms with Crippen molar-refractivity contribution in [1.29, 1.82) is 0 Å². The van der Waals surface area contributed by atoms with Gasteiger partial charge >= 0.3 is 5.97 Å². The van der Waals surface area contributed by atoms with Crippen LogP contribution in [0, 0.1) is 13.8 Å². The highest BCUT2D eigenvalue weighted by Crippen LogP contribution is 2.23. The van der Waals surface area contributed by atoms with Crippen LogP contribution in [0.1, 0.15) is 27.0 Å². The molecule has 3 heteroatoms. The summed E-state index contributed by atoms with van der Waals surface area (Å²) in [4.78, 5) is 11.9. The number of rotatable bonds is 3. The summed E-state index contributed by atoms with van der Waals surface area (Å²) in [6, 6.07) is 13.6. The van der Waals surface area contributed by atoms with Gasteiger partial charge in [-0.05, 0) is 37.1 Å². The molecule has 2 aromatic carbocycles. The van der Waals surface area contributed by atoms with Crippen molar-refractivity contribution < 1.29 is 14.3 Å². The quantitative estimate of drug-likeness (QED) is 0.809. The summed E-state index contributed by atoms with van der Waals surface area (Å²) >= 11 is 0. The minimum atomic E-state index is -0.258. The Labute approximate surface area is 124 Å². The maximum Gasteiger partial charge on any atom is 0.338 e. The number of hydrogen-bond acceptors (Lipinski definition) is 3. The Hall–Kier alpha value is -2.29. The summed E-state index contributed by atoms with van der Waals surface area (Å²) in [6.45, 7) is 4.45. The van der Waals surface area contributed by atoms with Gasteiger partial charge in [-0.1, -0.05) is 35.9 Å². The Bertz CT molecular complexity index is 676. The fourth-order valence-electron chi connectivity index (χ4n) is 2.64. The van der Waals surface area contributed by atoms with E-state index in [2.05, 4.69) is 13.0 Å². The third-order valence-electron chi connectivity index (χ3n) is 3.71. The first-order chi connectivity index (χ1) is 10.1. The lowest BCUT2D eigenvalue weighted by atomic mass is 9.99. The van der Waals surface area contributed by atoms with E-state index in [-0.39, 0.29) is 12.1 Å². The third-order valence-corrected chi connectivity index (χ3v) is 3.71. The van der Waals surface area contributed by atoms with E-state index in [1.54, 1.807) is 6.07 Å². The molecular formula is C18H18O3. The highest BCUT2D eigenvalue weighted by atomic mass is 16.6. The van der Waals surface area contributed by atoms with Crippen molar-refractivity contribution >= 4 is 5.97 Å². The average Bonchev–Trinajstić information content (AvgIpc) is 2.46. The van der Waals surface area contributed by atoms with Gasteiger partial charge in [0.25, 0.3) is 0 Å². The zero-order chi connectivity index (χ0) is 14.8. The summed E-state index contributed by atoms with van der Waals surface area (Å²) in [6.07, 6.45) is 0.473. The van der Waals surface area contributed by atoms with Crippen LogP contribution < -0.4 is 4.74 Å². The Balaban J connectivity index is 1.69. The molecule has 3 nitrogen and oxygen atoms in total. The van der Waals surface area contributed by atoms with Crippen LogP contribution in [0.15, 0.2) is 42.5 Å². The molecule has 0 N–H and O–H groups in total. The molecule has 0 saturated heterocycles. The lowest BCUT2D eigenvalue weighted by Gasteiger charge is -2.24. The number of hydrogen-bond donors (Lipinski definition) is 0. The predicted octanol–water partition coefficient (Wildman–Crippen LogP) is 3.46. The van der Waals surface area contributed by atoms with E-state index in [1.807, 2.05) is 37.3 Å². The summed E-state index contributed by atoms with van der Waals surface area (Å²) in [5.41, 5.74) is 4.00. The topological polar surface area (TPSA) is 35.5 Å². The van der Waals surface area contributed by atoms with Crippen molar-refractivity contribution in [2.75, 3.05) is 6.61 Å². The van der Waals surface area contributed by atoms with Gasteiger partial charge in [-0.3, -0.25) is 0 Å². The molecule has 0 fully saturated rings. The van der Waals surface area contributed by atoms with Crippen LogP contribution >= 0.6 is 0 Å². The van der Waals surface area contributed by atoms with E-state index in [1.165, 1.54) is 5.56 Å². The van der Waals surface area contributed by atoms with Crippen LogP contribution in [-0.2, 0) is 11.2 Å². The third kappa shape index (κ3) is 2.92. The zero-order valence-corrected chi connectivity index (χ0v) is 12.3. The van der Waals surface area contributed by atoms with Gasteiger partial charge in [0.1, 0.15) is 18.5 Å². The Morgan fingerprint density at radius 2 is 2.00 bits per heavy atom. The SMILES string of the molecule is Cc1ccc(OCC2Cc3ccccc3C(=O)O2)c(C)c1. The molecule has 2 aromatic rings. The summed E-state index contributed by atoms with van der Waals surface area (Å²) in [5.74, 6) is 0.585. The van der Waals surface area contributed by atoms with Gasteiger partial charge in [-0.2, -0.15) is 0 Å². The van der Waals surface area contributed by atoms with E-state index in [9.17, 15) is 4.79 Å². The van der Waals surface area contributed by atoms with Gasteiger partial charge in [0.2, 0.25) is 0 Å². The number of cyclic esters (lactones) is 1. The summed E-state index contributed by atoms with van der Waals surface area (Å²) in [5, 5.41) is 0. The minimum Gasteiger partial charge on any atom is -0.489 e. The fraction of sp³-hybridized carbons (Fsp3) is 0.278. The van der Waals surface area contributed by atoms with Gasteiger partial charge in [0.15, 0.2) is 0 Å². The Kier molecular flexibility index (Phi) is 3.65. The molecule has 21 heavy (non-hydrogen) atoms.